The van der Waals surface area contributed by atoms with E-state index >= 15 is 0 Å². The maximum atomic E-state index is 12.1. The number of fused-ring (bicyclic) bond motifs is 2. The van der Waals surface area contributed by atoms with E-state index in [1.165, 1.54) is 32.9 Å². The van der Waals surface area contributed by atoms with Crippen molar-refractivity contribution in [1.29, 1.82) is 0 Å². The molecule has 0 spiro atoms. The number of carbonyl (C=O) groups is 3. The van der Waals surface area contributed by atoms with Gasteiger partial charge in [0, 0.05) is 38.4 Å². The van der Waals surface area contributed by atoms with Gasteiger partial charge in [0.15, 0.2) is 46.7 Å². The molecule has 3 aromatic carbocycles. The fourth-order valence-corrected chi connectivity index (χ4v) is 4.78. The van der Waals surface area contributed by atoms with Gasteiger partial charge in [-0.15, -0.1) is 0 Å². The Morgan fingerprint density at radius 1 is 0.643 bits per heavy atom. The lowest BCUT2D eigenvalue weighted by molar-refractivity contribution is -0.124. The second-order valence-corrected chi connectivity index (χ2v) is 10.0. The number of benzene rings is 3. The summed E-state index contributed by atoms with van der Waals surface area (Å²) in [5.74, 6) is 0.196. The van der Waals surface area contributed by atoms with E-state index < -0.39 is 24.7 Å². The van der Waals surface area contributed by atoms with Crippen LogP contribution >= 0.6 is 0 Å². The summed E-state index contributed by atoms with van der Waals surface area (Å²) >= 11 is 0. The molecule has 220 valence electrons. The first-order valence-corrected chi connectivity index (χ1v) is 13.3. The van der Waals surface area contributed by atoms with Crippen molar-refractivity contribution in [3.8, 4) is 34.5 Å². The molecule has 0 fully saturated rings. The quantitative estimate of drug-likeness (QED) is 0.266. The van der Waals surface area contributed by atoms with Gasteiger partial charge < -0.3 is 45.1 Å². The Morgan fingerprint density at radius 2 is 1.19 bits per heavy atom. The number of nitrogens with one attached hydrogen (secondary N) is 3. The van der Waals surface area contributed by atoms with Crippen LogP contribution in [-0.2, 0) is 20.8 Å². The van der Waals surface area contributed by atoms with Crippen molar-refractivity contribution in [2.45, 2.75) is 51.9 Å². The first-order valence-electron chi connectivity index (χ1n) is 13.3. The zero-order valence-electron chi connectivity index (χ0n) is 23.2. The van der Waals surface area contributed by atoms with Gasteiger partial charge in [0.05, 0.1) is 0 Å². The van der Waals surface area contributed by atoms with E-state index in [9.17, 15) is 24.6 Å². The molecule has 2 heterocycles. The zero-order chi connectivity index (χ0) is 30.0. The van der Waals surface area contributed by atoms with E-state index in [1.807, 2.05) is 12.1 Å². The molecule has 0 bridgehead atoms. The maximum absolute atomic E-state index is 12.1. The number of aromatic hydroxyl groups is 2. The number of phenols is 2. The fourth-order valence-electron chi connectivity index (χ4n) is 4.78. The lowest BCUT2D eigenvalue weighted by Crippen LogP contribution is -2.47. The molecule has 12 heteroatoms. The molecule has 12 nitrogen and oxygen atoms in total. The molecule has 0 aromatic heterocycles. The van der Waals surface area contributed by atoms with Gasteiger partial charge in [0.1, 0.15) is 0 Å². The zero-order valence-corrected chi connectivity index (χ0v) is 23.2. The third kappa shape index (κ3) is 6.27. The number of ether oxygens (including phenoxy) is 4. The fraction of sp³-hybridized carbons (Fsp3) is 0.300. The summed E-state index contributed by atoms with van der Waals surface area (Å²) in [7, 11) is 0. The summed E-state index contributed by atoms with van der Waals surface area (Å²) in [5, 5.41) is 28.0. The van der Waals surface area contributed by atoms with Crippen LogP contribution in [0.3, 0.4) is 0 Å². The molecule has 3 aromatic rings. The van der Waals surface area contributed by atoms with Crippen molar-refractivity contribution in [3.05, 3.63) is 71.3 Å². The van der Waals surface area contributed by atoms with Crippen LogP contribution in [0.2, 0.25) is 0 Å². The Balaban J connectivity index is 1.42. The van der Waals surface area contributed by atoms with Gasteiger partial charge in [-0.25, -0.2) is 0 Å². The van der Waals surface area contributed by atoms with Gasteiger partial charge in [-0.1, -0.05) is 18.2 Å². The largest absolute Gasteiger partial charge is 0.504 e. The van der Waals surface area contributed by atoms with Crippen LogP contribution in [0.15, 0.2) is 54.6 Å². The van der Waals surface area contributed by atoms with E-state index in [0.717, 1.165) is 5.56 Å². The minimum Gasteiger partial charge on any atom is -0.504 e. The molecular formula is C30H31N3O9. The van der Waals surface area contributed by atoms with Gasteiger partial charge in [0.25, 0.3) is 0 Å². The normalized spacial score (nSPS) is 20.3. The molecule has 2 aliphatic rings. The molecule has 0 unspecified atom stereocenters. The van der Waals surface area contributed by atoms with Gasteiger partial charge in [-0.3, -0.25) is 14.4 Å². The molecule has 0 radical (unpaired) electrons. The number of carbonyl (C=O) groups excluding carboxylic acids is 3. The standard InChI is InChI=1S/C30H31N3O9/c1-15(34)31-11-10-18-4-8-23-25(12-18)41-30(33-17(3)36)28(39-23)20-6-9-24-26(14-20)42-29(32-16(2)35)27(40-24)19-5-7-21(37)22(38)13-19/h4-9,12-14,27-30,37-38H,10-11H2,1-3H3,(H,31,34)(H,32,35)(H,33,36)/t27-,28-,29+,30-/m0/s1. The van der Waals surface area contributed by atoms with Gasteiger partial charge in [-0.05, 0) is 48.4 Å². The van der Waals surface area contributed by atoms with Gasteiger partial charge in [-0.2, -0.15) is 0 Å². The number of hydrogen-bond donors (Lipinski definition) is 5. The van der Waals surface area contributed by atoms with Crippen LogP contribution in [0.25, 0.3) is 0 Å². The topological polar surface area (TPSA) is 165 Å². The summed E-state index contributed by atoms with van der Waals surface area (Å²) in [5.41, 5.74) is 2.01. The molecule has 5 N–H and O–H groups in total. The van der Waals surface area contributed by atoms with Crippen molar-refractivity contribution in [1.82, 2.24) is 16.0 Å². The minimum atomic E-state index is -0.958. The third-order valence-electron chi connectivity index (χ3n) is 6.68. The van der Waals surface area contributed by atoms with E-state index in [-0.39, 0.29) is 29.2 Å². The predicted molar refractivity (Wildman–Crippen MR) is 148 cm³/mol. The third-order valence-corrected chi connectivity index (χ3v) is 6.68. The molecule has 4 atom stereocenters. The van der Waals surface area contributed by atoms with Crippen molar-refractivity contribution in [2.75, 3.05) is 6.54 Å². The highest BCUT2D eigenvalue weighted by atomic mass is 16.6. The van der Waals surface area contributed by atoms with Crippen LogP contribution in [0.4, 0.5) is 0 Å². The summed E-state index contributed by atoms with van der Waals surface area (Å²) < 4.78 is 24.8. The number of phenolic OH excluding ortho intramolecular Hbond substituents is 2. The smallest absolute Gasteiger partial charge is 0.219 e. The van der Waals surface area contributed by atoms with Crippen molar-refractivity contribution in [3.63, 3.8) is 0 Å². The highest BCUT2D eigenvalue weighted by Crippen LogP contribution is 2.44. The van der Waals surface area contributed by atoms with Crippen LogP contribution in [0, 0.1) is 0 Å². The van der Waals surface area contributed by atoms with E-state index in [2.05, 4.69) is 16.0 Å². The van der Waals surface area contributed by atoms with Crippen molar-refractivity contribution < 1.29 is 43.5 Å². The summed E-state index contributed by atoms with van der Waals surface area (Å²) in [6.07, 6.45) is -2.83. The SMILES string of the molecule is CC(=O)NCCc1ccc2c(c1)O[C@H](NC(C)=O)[C@H](c1ccc3c(c1)O[C@@H](NC(C)=O)[C@H](c1ccc(O)c(O)c1)O3)O2. The molecule has 3 amide bonds. The molecule has 0 saturated heterocycles. The maximum Gasteiger partial charge on any atom is 0.219 e. The molecule has 2 aliphatic heterocycles. The van der Waals surface area contributed by atoms with E-state index in [0.29, 0.717) is 47.1 Å². The number of rotatable bonds is 7. The van der Waals surface area contributed by atoms with Gasteiger partial charge in [0.2, 0.25) is 30.2 Å². The Hall–Kier alpha value is -5.13. The lowest BCUT2D eigenvalue weighted by Gasteiger charge is -2.36. The predicted octanol–water partition coefficient (Wildman–Crippen LogP) is 2.73. The first kappa shape index (κ1) is 28.4. The van der Waals surface area contributed by atoms with Crippen LogP contribution in [0.5, 0.6) is 34.5 Å². The average Bonchev–Trinajstić information content (AvgIpc) is 2.92. The second kappa shape index (κ2) is 11.8. The molecule has 0 saturated carbocycles. The van der Waals surface area contributed by atoms with Crippen LogP contribution < -0.4 is 34.9 Å². The Labute approximate surface area is 241 Å². The van der Waals surface area contributed by atoms with Crippen LogP contribution in [0.1, 0.15) is 49.7 Å². The lowest BCUT2D eigenvalue weighted by atomic mass is 10.0. The Bertz CT molecular complexity index is 1530. The Morgan fingerprint density at radius 3 is 1.76 bits per heavy atom. The average molecular weight is 578 g/mol. The van der Waals surface area contributed by atoms with E-state index in [1.54, 1.807) is 30.3 Å². The number of hydrogen-bond acceptors (Lipinski definition) is 9. The molecule has 5 rings (SSSR count). The monoisotopic (exact) mass is 577 g/mol. The summed E-state index contributed by atoms with van der Waals surface area (Å²) in [6.45, 7) is 4.65. The highest BCUT2D eigenvalue weighted by Gasteiger charge is 2.38. The minimum absolute atomic E-state index is 0.112. The van der Waals surface area contributed by atoms with Crippen molar-refractivity contribution in [2.24, 2.45) is 0 Å². The summed E-state index contributed by atoms with van der Waals surface area (Å²) in [4.78, 5) is 35.2. The highest BCUT2D eigenvalue weighted by molar-refractivity contribution is 5.74. The Kier molecular flexibility index (Phi) is 7.96. The molecule has 42 heavy (non-hydrogen) atoms. The number of amides is 3. The molecule has 0 aliphatic carbocycles. The van der Waals surface area contributed by atoms with Crippen LogP contribution in [-0.4, -0.2) is 46.9 Å². The van der Waals surface area contributed by atoms with Gasteiger partial charge >= 0.3 is 0 Å². The molecular weight excluding hydrogens is 546 g/mol. The summed E-state index contributed by atoms with van der Waals surface area (Å²) in [6, 6.07) is 14.8. The van der Waals surface area contributed by atoms with E-state index in [4.69, 9.17) is 18.9 Å². The second-order valence-electron chi connectivity index (χ2n) is 10.0. The van der Waals surface area contributed by atoms with Crippen molar-refractivity contribution >= 4 is 17.7 Å². The first-order chi connectivity index (χ1) is 20.1.